The highest BCUT2D eigenvalue weighted by atomic mass is 16.5. The number of hydrogen-bond donors (Lipinski definition) is 0. The Morgan fingerprint density at radius 2 is 2.07 bits per heavy atom. The van der Waals surface area contributed by atoms with Gasteiger partial charge in [0, 0.05) is 6.04 Å². The van der Waals surface area contributed by atoms with Crippen LogP contribution in [0.5, 0.6) is 5.75 Å². The largest absolute Gasteiger partial charge is 0.492 e. The minimum atomic E-state index is -0.362. The van der Waals surface area contributed by atoms with Crippen LogP contribution in [0, 0.1) is 5.92 Å². The molecule has 1 aromatic heterocycles. The van der Waals surface area contributed by atoms with E-state index in [1.165, 1.54) is 43.4 Å². The standard InChI is InChI=1S/C25H30N2O3/c1-2-27-13-3-4-23(27)19-7-10-21-18(14-19)8-12-24(21)30-25(28)22-11-9-20(15-26-22)29-16-17-5-6-17/h7,9-11,14-15,17,23-24H,2-6,8,12-13,16H2,1H3. The number of aryl methyl sites for hydroxylation is 1. The number of pyridine rings is 1. The zero-order valence-electron chi connectivity index (χ0n) is 17.7. The lowest BCUT2D eigenvalue weighted by molar-refractivity contribution is 0.0294. The molecule has 2 unspecified atom stereocenters. The lowest BCUT2D eigenvalue weighted by Crippen LogP contribution is -2.22. The summed E-state index contributed by atoms with van der Waals surface area (Å²) in [6.07, 6.45) is 8.25. The van der Waals surface area contributed by atoms with Gasteiger partial charge in [0.2, 0.25) is 0 Å². The topological polar surface area (TPSA) is 51.7 Å². The van der Waals surface area contributed by atoms with E-state index in [0.717, 1.165) is 31.6 Å². The summed E-state index contributed by atoms with van der Waals surface area (Å²) in [5, 5.41) is 0. The number of esters is 1. The monoisotopic (exact) mass is 406 g/mol. The van der Waals surface area contributed by atoms with Gasteiger partial charge in [-0.05, 0) is 86.4 Å². The van der Waals surface area contributed by atoms with Crippen LogP contribution in [0.15, 0.2) is 36.5 Å². The highest BCUT2D eigenvalue weighted by Crippen LogP contribution is 2.39. The molecular weight excluding hydrogens is 376 g/mol. The number of ether oxygens (including phenoxy) is 2. The van der Waals surface area contributed by atoms with Gasteiger partial charge in [0.1, 0.15) is 17.5 Å². The molecule has 5 rings (SSSR count). The fraction of sp³-hybridized carbons (Fsp3) is 0.520. The molecule has 5 heteroatoms. The minimum absolute atomic E-state index is 0.181. The molecule has 2 fully saturated rings. The molecule has 0 bridgehead atoms. The maximum absolute atomic E-state index is 12.6. The van der Waals surface area contributed by atoms with Crippen molar-refractivity contribution in [1.29, 1.82) is 0 Å². The van der Waals surface area contributed by atoms with E-state index in [-0.39, 0.29) is 12.1 Å². The average molecular weight is 407 g/mol. The summed E-state index contributed by atoms with van der Waals surface area (Å²) >= 11 is 0. The van der Waals surface area contributed by atoms with Crippen molar-refractivity contribution in [3.05, 3.63) is 58.9 Å². The van der Waals surface area contributed by atoms with E-state index in [1.54, 1.807) is 12.3 Å². The third kappa shape index (κ3) is 4.08. The molecule has 158 valence electrons. The first-order chi connectivity index (χ1) is 14.7. The fourth-order valence-corrected chi connectivity index (χ4v) is 4.78. The van der Waals surface area contributed by atoms with Crippen molar-refractivity contribution in [2.45, 2.75) is 57.6 Å². The van der Waals surface area contributed by atoms with Gasteiger partial charge in [-0.1, -0.05) is 25.1 Å². The number of benzene rings is 1. The smallest absolute Gasteiger partial charge is 0.357 e. The number of aromatic nitrogens is 1. The number of carbonyl (C=O) groups excluding carboxylic acids is 1. The van der Waals surface area contributed by atoms with Crippen LogP contribution < -0.4 is 4.74 Å². The van der Waals surface area contributed by atoms with Crippen LogP contribution in [0.2, 0.25) is 0 Å². The predicted molar refractivity (Wildman–Crippen MR) is 115 cm³/mol. The Kier molecular flexibility index (Phi) is 5.47. The number of carbonyl (C=O) groups is 1. The molecule has 2 aromatic rings. The van der Waals surface area contributed by atoms with Gasteiger partial charge in [-0.25, -0.2) is 9.78 Å². The van der Waals surface area contributed by atoms with E-state index >= 15 is 0 Å². The Hall–Kier alpha value is -2.40. The summed E-state index contributed by atoms with van der Waals surface area (Å²) in [6.45, 7) is 5.26. The summed E-state index contributed by atoms with van der Waals surface area (Å²) in [6, 6.07) is 10.8. The number of nitrogens with zero attached hydrogens (tertiary/aromatic N) is 2. The average Bonchev–Trinajstić information content (AvgIpc) is 3.34. The number of likely N-dealkylation sites (tertiary alicyclic amines) is 1. The summed E-state index contributed by atoms with van der Waals surface area (Å²) in [4.78, 5) is 19.4. The third-order valence-electron chi connectivity index (χ3n) is 6.72. The number of rotatable bonds is 7. The van der Waals surface area contributed by atoms with E-state index in [0.29, 0.717) is 23.4 Å². The van der Waals surface area contributed by atoms with Crippen LogP contribution in [0.3, 0.4) is 0 Å². The van der Waals surface area contributed by atoms with Gasteiger partial charge < -0.3 is 9.47 Å². The molecule has 0 spiro atoms. The Labute approximate surface area is 178 Å². The van der Waals surface area contributed by atoms with E-state index in [2.05, 4.69) is 35.0 Å². The van der Waals surface area contributed by atoms with Gasteiger partial charge in [-0.2, -0.15) is 0 Å². The fourth-order valence-electron chi connectivity index (χ4n) is 4.78. The van der Waals surface area contributed by atoms with Crippen molar-refractivity contribution in [3.8, 4) is 5.75 Å². The second-order valence-corrected chi connectivity index (χ2v) is 8.81. The molecule has 1 aliphatic heterocycles. The van der Waals surface area contributed by atoms with E-state index in [9.17, 15) is 4.79 Å². The van der Waals surface area contributed by atoms with Crippen molar-refractivity contribution in [3.63, 3.8) is 0 Å². The first-order valence-corrected chi connectivity index (χ1v) is 11.4. The SMILES string of the molecule is CCN1CCCC1c1ccc2c(c1)CCC2OC(=O)c1ccc(OCC2CC2)cn1. The Morgan fingerprint density at radius 1 is 1.17 bits per heavy atom. The van der Waals surface area contributed by atoms with Crippen molar-refractivity contribution in [2.75, 3.05) is 19.7 Å². The van der Waals surface area contributed by atoms with Gasteiger partial charge >= 0.3 is 5.97 Å². The molecule has 1 saturated carbocycles. The molecule has 1 saturated heterocycles. The first-order valence-electron chi connectivity index (χ1n) is 11.4. The molecule has 3 aliphatic rings. The Bertz CT molecular complexity index is 907. The molecule has 30 heavy (non-hydrogen) atoms. The molecule has 2 atom stereocenters. The normalized spacial score (nSPS) is 23.4. The number of fused-ring (bicyclic) bond motifs is 1. The zero-order chi connectivity index (χ0) is 20.5. The van der Waals surface area contributed by atoms with Gasteiger partial charge in [0.15, 0.2) is 0 Å². The maximum Gasteiger partial charge on any atom is 0.357 e. The lowest BCUT2D eigenvalue weighted by Gasteiger charge is -2.24. The third-order valence-corrected chi connectivity index (χ3v) is 6.72. The van der Waals surface area contributed by atoms with Crippen LogP contribution in [-0.2, 0) is 11.2 Å². The second kappa shape index (κ2) is 8.38. The van der Waals surface area contributed by atoms with Crippen LogP contribution in [0.25, 0.3) is 0 Å². The van der Waals surface area contributed by atoms with Crippen LogP contribution in [-0.4, -0.2) is 35.5 Å². The second-order valence-electron chi connectivity index (χ2n) is 8.81. The Balaban J connectivity index is 1.23. The van der Waals surface area contributed by atoms with E-state index in [4.69, 9.17) is 9.47 Å². The lowest BCUT2D eigenvalue weighted by atomic mass is 9.99. The van der Waals surface area contributed by atoms with Crippen LogP contribution >= 0.6 is 0 Å². The molecular formula is C25H30N2O3. The molecule has 0 amide bonds. The predicted octanol–water partition coefficient (Wildman–Crippen LogP) is 4.87. The van der Waals surface area contributed by atoms with E-state index < -0.39 is 0 Å². The van der Waals surface area contributed by atoms with Crippen molar-refractivity contribution in [1.82, 2.24) is 9.88 Å². The quantitative estimate of drug-likeness (QED) is 0.614. The van der Waals surface area contributed by atoms with Crippen molar-refractivity contribution in [2.24, 2.45) is 5.92 Å². The highest BCUT2D eigenvalue weighted by Gasteiger charge is 2.30. The summed E-state index contributed by atoms with van der Waals surface area (Å²) in [5.74, 6) is 1.04. The van der Waals surface area contributed by atoms with Gasteiger partial charge in [-0.3, -0.25) is 4.90 Å². The zero-order valence-corrected chi connectivity index (χ0v) is 17.7. The molecule has 2 heterocycles. The molecule has 5 nitrogen and oxygen atoms in total. The molecule has 0 N–H and O–H groups in total. The summed E-state index contributed by atoms with van der Waals surface area (Å²) < 4.78 is 11.5. The highest BCUT2D eigenvalue weighted by molar-refractivity contribution is 5.87. The van der Waals surface area contributed by atoms with Gasteiger partial charge in [0.25, 0.3) is 0 Å². The van der Waals surface area contributed by atoms with Gasteiger partial charge in [0.05, 0.1) is 12.8 Å². The molecule has 1 aromatic carbocycles. The summed E-state index contributed by atoms with van der Waals surface area (Å²) in [7, 11) is 0. The van der Waals surface area contributed by atoms with E-state index in [1.807, 2.05) is 6.07 Å². The molecule has 2 aliphatic carbocycles. The minimum Gasteiger partial charge on any atom is -0.492 e. The number of hydrogen-bond acceptors (Lipinski definition) is 5. The van der Waals surface area contributed by atoms with Crippen molar-refractivity contribution >= 4 is 5.97 Å². The molecule has 0 radical (unpaired) electrons. The maximum atomic E-state index is 12.6. The first kappa shape index (κ1) is 19.6. The van der Waals surface area contributed by atoms with Crippen LogP contribution in [0.4, 0.5) is 0 Å². The van der Waals surface area contributed by atoms with Crippen LogP contribution in [0.1, 0.15) is 78.4 Å². The van der Waals surface area contributed by atoms with Gasteiger partial charge in [-0.15, -0.1) is 0 Å². The summed E-state index contributed by atoms with van der Waals surface area (Å²) in [5.41, 5.74) is 4.22. The van der Waals surface area contributed by atoms with Crippen molar-refractivity contribution < 1.29 is 14.3 Å². The Morgan fingerprint density at radius 3 is 2.83 bits per heavy atom.